The van der Waals surface area contributed by atoms with E-state index in [0.29, 0.717) is 6.07 Å². The van der Waals surface area contributed by atoms with Crippen molar-refractivity contribution in [3.63, 3.8) is 0 Å². The summed E-state index contributed by atoms with van der Waals surface area (Å²) in [4.78, 5) is 20.3. The minimum Gasteiger partial charge on any atom is -0.757 e. The van der Waals surface area contributed by atoms with Gasteiger partial charge in [-0.15, -0.1) is 0 Å². The van der Waals surface area contributed by atoms with Gasteiger partial charge in [0.25, 0.3) is 0 Å². The van der Waals surface area contributed by atoms with E-state index >= 15 is 0 Å². The molecule has 6 nitrogen and oxygen atoms in total. The summed E-state index contributed by atoms with van der Waals surface area (Å²) >= 11 is 0. The standard InChI is InChI=1S/C10H5F3N3O3.K/c11-10(12,13)6-2-1-3-7(4-6)15-9(17)8(5-14)16(18)19;/h1-4H,(H,15,17);/q-1;+1. The van der Waals surface area contributed by atoms with Crippen LogP contribution in [0.5, 0.6) is 0 Å². The van der Waals surface area contributed by atoms with E-state index in [1.807, 2.05) is 5.32 Å². The second-order valence-electron chi connectivity index (χ2n) is 3.25. The number of anilines is 1. The molecule has 20 heavy (non-hydrogen) atoms. The van der Waals surface area contributed by atoms with Crippen LogP contribution >= 0.6 is 0 Å². The van der Waals surface area contributed by atoms with E-state index in [-0.39, 0.29) is 57.1 Å². The van der Waals surface area contributed by atoms with Crippen molar-refractivity contribution in [2.75, 3.05) is 5.32 Å². The van der Waals surface area contributed by atoms with E-state index in [2.05, 4.69) is 0 Å². The average Bonchev–Trinajstić information content (AvgIpc) is 2.28. The van der Waals surface area contributed by atoms with Crippen LogP contribution in [0.4, 0.5) is 18.9 Å². The number of hydrogen-bond donors (Lipinski definition) is 1. The summed E-state index contributed by atoms with van der Waals surface area (Å²) in [5.74, 6) is -0.333. The van der Waals surface area contributed by atoms with Gasteiger partial charge in [0.2, 0.25) is 0 Å². The number of carbonyl (C=O) groups excluding carboxylic acids is 1. The number of nitrogens with zero attached hydrogens (tertiary/aromatic N) is 2. The molecule has 0 aliphatic rings. The maximum Gasteiger partial charge on any atom is 1.00 e. The Morgan fingerprint density at radius 2 is 2.00 bits per heavy atom. The molecule has 0 unspecified atom stereocenters. The molecule has 1 amide bonds. The fourth-order valence-electron chi connectivity index (χ4n) is 1.14. The SMILES string of the molecule is [K+].[N-]=C=C(C(=O)Nc1cccc(C(F)(F)F)c1)[N+](=O)[O-]. The molecule has 0 aliphatic carbocycles. The van der Waals surface area contributed by atoms with Gasteiger partial charge in [0.1, 0.15) is 0 Å². The summed E-state index contributed by atoms with van der Waals surface area (Å²) in [5, 5.41) is 20.5. The third kappa shape index (κ3) is 5.15. The molecule has 0 radical (unpaired) electrons. The maximum atomic E-state index is 12.4. The molecule has 0 spiro atoms. The number of nitro groups is 1. The number of rotatable bonds is 3. The Morgan fingerprint density at radius 3 is 2.45 bits per heavy atom. The van der Waals surface area contributed by atoms with Gasteiger partial charge in [-0.3, -0.25) is 14.9 Å². The topological polar surface area (TPSA) is 94.5 Å². The summed E-state index contributed by atoms with van der Waals surface area (Å²) < 4.78 is 37.1. The molecule has 0 heterocycles. The zero-order chi connectivity index (χ0) is 14.6. The summed E-state index contributed by atoms with van der Waals surface area (Å²) in [5.41, 5.74) is -2.63. The number of hydrogen-bond acceptors (Lipinski definition) is 3. The van der Waals surface area contributed by atoms with Crippen molar-refractivity contribution in [3.8, 4) is 0 Å². The minimum absolute atomic E-state index is 0. The average molecular weight is 311 g/mol. The van der Waals surface area contributed by atoms with Crippen molar-refractivity contribution < 1.29 is 74.3 Å². The van der Waals surface area contributed by atoms with Crippen molar-refractivity contribution in [2.45, 2.75) is 6.18 Å². The van der Waals surface area contributed by atoms with Gasteiger partial charge in [0.15, 0.2) is 0 Å². The minimum atomic E-state index is -4.61. The first-order chi connectivity index (χ1) is 8.75. The first kappa shape index (κ1) is 19.0. The quantitative estimate of drug-likeness (QED) is 0.256. The van der Waals surface area contributed by atoms with Crippen LogP contribution in [0.2, 0.25) is 0 Å². The van der Waals surface area contributed by atoms with Gasteiger partial charge in [0.05, 0.1) is 10.5 Å². The molecule has 0 aliphatic heterocycles. The van der Waals surface area contributed by atoms with E-state index in [1.54, 1.807) is 0 Å². The number of nitrogens with one attached hydrogen (secondary N) is 1. The van der Waals surface area contributed by atoms with E-state index in [0.717, 1.165) is 24.1 Å². The monoisotopic (exact) mass is 311 g/mol. The molecule has 100 valence electrons. The molecule has 1 rings (SSSR count). The molecule has 1 N–H and O–H groups in total. The molecule has 10 heteroatoms. The summed E-state index contributed by atoms with van der Waals surface area (Å²) in [6.45, 7) is 0. The van der Waals surface area contributed by atoms with Crippen molar-refractivity contribution in [2.24, 2.45) is 0 Å². The Kier molecular flexibility index (Phi) is 7.27. The molecule has 0 saturated carbocycles. The number of carbonyl (C=O) groups is 1. The number of alkyl halides is 3. The van der Waals surface area contributed by atoms with E-state index in [9.17, 15) is 28.1 Å². The first-order valence-corrected chi connectivity index (χ1v) is 4.65. The molecule has 0 atom stereocenters. The molecule has 0 bridgehead atoms. The molecule has 0 saturated heterocycles. The Morgan fingerprint density at radius 1 is 1.40 bits per heavy atom. The normalized spacial score (nSPS) is 9.95. The van der Waals surface area contributed by atoms with E-state index < -0.39 is 28.3 Å². The van der Waals surface area contributed by atoms with Crippen molar-refractivity contribution in [3.05, 3.63) is 51.0 Å². The zero-order valence-corrected chi connectivity index (χ0v) is 13.2. The molecule has 0 fully saturated rings. The van der Waals surface area contributed by atoms with Crippen LogP contribution in [0.25, 0.3) is 5.41 Å². The number of halogens is 3. The molecule has 1 aromatic rings. The van der Waals surface area contributed by atoms with Crippen molar-refractivity contribution in [1.29, 1.82) is 0 Å². The summed E-state index contributed by atoms with van der Waals surface area (Å²) in [7, 11) is 0. The second-order valence-corrected chi connectivity index (χ2v) is 3.25. The number of amides is 1. The largest absolute Gasteiger partial charge is 1.00 e. The van der Waals surface area contributed by atoms with Crippen LogP contribution in [-0.4, -0.2) is 16.7 Å². The predicted molar refractivity (Wildman–Crippen MR) is 58.9 cm³/mol. The van der Waals surface area contributed by atoms with Gasteiger partial charge in [-0.25, -0.2) is 0 Å². The fraction of sp³-hybridized carbons (Fsp3) is 0.100. The Hall–Kier alpha value is -1.03. The Balaban J connectivity index is 0.00000361. The zero-order valence-electron chi connectivity index (χ0n) is 10.1. The van der Waals surface area contributed by atoms with Gasteiger partial charge in [-0.2, -0.15) is 19.0 Å². The smallest absolute Gasteiger partial charge is 0.757 e. The van der Waals surface area contributed by atoms with Crippen LogP contribution in [0.15, 0.2) is 30.0 Å². The van der Waals surface area contributed by atoms with Crippen LogP contribution < -0.4 is 56.7 Å². The van der Waals surface area contributed by atoms with Crippen LogP contribution in [0, 0.1) is 10.1 Å². The Bertz CT molecular complexity index is 583. The summed E-state index contributed by atoms with van der Waals surface area (Å²) in [6.07, 6.45) is -4.61. The molecule has 0 aromatic heterocycles. The third-order valence-electron chi connectivity index (χ3n) is 1.95. The predicted octanol–water partition coefficient (Wildman–Crippen LogP) is -0.952. The number of benzene rings is 1. The van der Waals surface area contributed by atoms with Gasteiger partial charge in [-0.05, 0) is 18.2 Å². The maximum absolute atomic E-state index is 12.4. The van der Waals surface area contributed by atoms with Gasteiger partial charge < -0.3 is 10.7 Å². The Labute approximate surface area is 153 Å². The fourth-order valence-corrected chi connectivity index (χ4v) is 1.14. The first-order valence-electron chi connectivity index (χ1n) is 4.65. The molecule has 1 aromatic carbocycles. The van der Waals surface area contributed by atoms with Gasteiger partial charge in [-0.1, -0.05) is 6.07 Å². The van der Waals surface area contributed by atoms with Crippen LogP contribution in [-0.2, 0) is 11.0 Å². The van der Waals surface area contributed by atoms with Crippen LogP contribution in [0.1, 0.15) is 5.56 Å². The molecular formula is C10H5F3KN3O3. The molecular weight excluding hydrogens is 306 g/mol. The van der Waals surface area contributed by atoms with Crippen molar-refractivity contribution in [1.82, 2.24) is 0 Å². The third-order valence-corrected chi connectivity index (χ3v) is 1.95. The summed E-state index contributed by atoms with van der Waals surface area (Å²) in [6, 6.07) is 3.52. The van der Waals surface area contributed by atoms with Gasteiger partial charge in [0, 0.05) is 5.69 Å². The van der Waals surface area contributed by atoms with E-state index in [4.69, 9.17) is 5.41 Å². The van der Waals surface area contributed by atoms with Crippen LogP contribution in [0.3, 0.4) is 0 Å². The van der Waals surface area contributed by atoms with Crippen molar-refractivity contribution >= 4 is 17.5 Å². The second kappa shape index (κ2) is 7.67. The van der Waals surface area contributed by atoms with E-state index in [1.165, 1.54) is 0 Å². The van der Waals surface area contributed by atoms with Gasteiger partial charge >= 0.3 is 69.2 Å².